The third-order valence-corrected chi connectivity index (χ3v) is 8.02. The summed E-state index contributed by atoms with van der Waals surface area (Å²) in [5.41, 5.74) is 2.50. The van der Waals surface area contributed by atoms with E-state index in [4.69, 9.17) is 14.2 Å². The second-order valence-electron chi connectivity index (χ2n) is 10.4. The molecule has 7 nitrogen and oxygen atoms in total. The fraction of sp³-hybridized carbons (Fsp3) is 0.344. The Bertz CT molecular complexity index is 1510. The number of nitrogens with zero attached hydrogens (tertiary/aromatic N) is 2. The van der Waals surface area contributed by atoms with Crippen molar-refractivity contribution in [3.8, 4) is 11.5 Å². The molecular formula is C32H35N3O4. The summed E-state index contributed by atoms with van der Waals surface area (Å²) in [5, 5.41) is 3.43. The fourth-order valence-electron chi connectivity index (χ4n) is 5.97. The van der Waals surface area contributed by atoms with Gasteiger partial charge in [0.1, 0.15) is 17.2 Å². The van der Waals surface area contributed by atoms with E-state index in [0.717, 1.165) is 49.8 Å². The normalized spacial score (nSPS) is 20.1. The third kappa shape index (κ3) is 5.19. The number of esters is 1. The molecule has 4 aromatic rings. The van der Waals surface area contributed by atoms with Gasteiger partial charge in [-0.3, -0.25) is 4.90 Å². The van der Waals surface area contributed by atoms with Gasteiger partial charge in [-0.25, -0.2) is 4.79 Å². The lowest BCUT2D eigenvalue weighted by Gasteiger charge is -2.48. The maximum Gasteiger partial charge on any atom is 0.354 e. The lowest BCUT2D eigenvalue weighted by molar-refractivity contribution is 0.0595. The van der Waals surface area contributed by atoms with Gasteiger partial charge in [0.15, 0.2) is 0 Å². The van der Waals surface area contributed by atoms with Gasteiger partial charge < -0.3 is 24.1 Å². The van der Waals surface area contributed by atoms with E-state index < -0.39 is 5.97 Å². The van der Waals surface area contributed by atoms with Gasteiger partial charge in [0.25, 0.3) is 0 Å². The van der Waals surface area contributed by atoms with Crippen LogP contribution in [0.25, 0.3) is 21.7 Å². The van der Waals surface area contributed by atoms with E-state index in [1.165, 1.54) is 23.6 Å². The Morgan fingerprint density at radius 3 is 2.59 bits per heavy atom. The van der Waals surface area contributed by atoms with Crippen molar-refractivity contribution >= 4 is 33.3 Å². The minimum absolute atomic E-state index is 0.395. The standard InChI is InChI=1S/C32H35N3O4/c1-37-27-17-29-28(19-30(33-29)32(36)38-2)31(18-27)39-15-7-14-34-20-26-11-6-5-10-25(34)21-35(26)24-13-12-22-8-3-4-9-23(22)16-24/h3-6,8-9,12-13,16-19,25-26,33H,7,10-11,14-15,20-21H2,1-2H3/b6-5-/t25-,26+/m0/s1. The molecule has 4 heterocycles. The highest BCUT2D eigenvalue weighted by Gasteiger charge is 2.33. The van der Waals surface area contributed by atoms with Crippen LogP contribution in [0.1, 0.15) is 29.8 Å². The highest BCUT2D eigenvalue weighted by Crippen LogP contribution is 2.33. The molecule has 1 N–H and O–H groups in total. The van der Waals surface area contributed by atoms with Gasteiger partial charge in [0.05, 0.1) is 26.3 Å². The van der Waals surface area contributed by atoms with Gasteiger partial charge in [0.2, 0.25) is 0 Å². The van der Waals surface area contributed by atoms with Crippen LogP contribution in [0.15, 0.2) is 72.8 Å². The molecule has 2 atom stereocenters. The van der Waals surface area contributed by atoms with Crippen molar-refractivity contribution in [1.82, 2.24) is 9.88 Å². The molecule has 202 valence electrons. The number of anilines is 1. The fourth-order valence-corrected chi connectivity index (χ4v) is 5.97. The predicted octanol–water partition coefficient (Wildman–Crippen LogP) is 5.79. The van der Waals surface area contributed by atoms with E-state index in [1.807, 2.05) is 12.1 Å². The van der Waals surface area contributed by atoms with Gasteiger partial charge in [-0.15, -0.1) is 0 Å². The predicted molar refractivity (Wildman–Crippen MR) is 155 cm³/mol. The zero-order chi connectivity index (χ0) is 26.8. The van der Waals surface area contributed by atoms with Gasteiger partial charge in [-0.05, 0) is 48.2 Å². The number of aromatic nitrogens is 1. The molecule has 2 bridgehead atoms. The molecule has 0 radical (unpaired) electrons. The summed E-state index contributed by atoms with van der Waals surface area (Å²) in [4.78, 5) is 20.4. The zero-order valence-electron chi connectivity index (χ0n) is 22.6. The molecule has 0 amide bonds. The smallest absolute Gasteiger partial charge is 0.354 e. The highest BCUT2D eigenvalue weighted by atomic mass is 16.5. The minimum Gasteiger partial charge on any atom is -0.497 e. The molecule has 3 aromatic carbocycles. The molecule has 0 spiro atoms. The van der Waals surface area contributed by atoms with E-state index in [1.54, 1.807) is 13.2 Å². The van der Waals surface area contributed by atoms with Crippen molar-refractivity contribution in [3.63, 3.8) is 0 Å². The number of benzene rings is 3. The number of rotatable bonds is 8. The maximum absolute atomic E-state index is 12.0. The number of ether oxygens (including phenoxy) is 3. The van der Waals surface area contributed by atoms with Crippen LogP contribution in [0.3, 0.4) is 0 Å². The molecule has 1 saturated heterocycles. The Balaban J connectivity index is 1.12. The van der Waals surface area contributed by atoms with Crippen LogP contribution in [0.5, 0.6) is 11.5 Å². The van der Waals surface area contributed by atoms with E-state index in [2.05, 4.69) is 69.4 Å². The quantitative estimate of drug-likeness (QED) is 0.178. The van der Waals surface area contributed by atoms with Crippen molar-refractivity contribution in [2.45, 2.75) is 31.3 Å². The highest BCUT2D eigenvalue weighted by molar-refractivity contribution is 5.97. The monoisotopic (exact) mass is 525 g/mol. The van der Waals surface area contributed by atoms with Crippen molar-refractivity contribution in [2.24, 2.45) is 0 Å². The number of aromatic amines is 1. The van der Waals surface area contributed by atoms with Crippen LogP contribution in [-0.4, -0.2) is 68.4 Å². The average molecular weight is 526 g/mol. The number of carbonyl (C=O) groups excluding carboxylic acids is 1. The Morgan fingerprint density at radius 2 is 1.77 bits per heavy atom. The topological polar surface area (TPSA) is 67.0 Å². The number of hydrogen-bond acceptors (Lipinski definition) is 6. The van der Waals surface area contributed by atoms with Crippen LogP contribution in [0, 0.1) is 0 Å². The van der Waals surface area contributed by atoms with E-state index in [-0.39, 0.29) is 0 Å². The summed E-state index contributed by atoms with van der Waals surface area (Å²) in [7, 11) is 3.00. The summed E-state index contributed by atoms with van der Waals surface area (Å²) in [5.74, 6) is 0.975. The zero-order valence-corrected chi connectivity index (χ0v) is 22.6. The van der Waals surface area contributed by atoms with Crippen LogP contribution in [-0.2, 0) is 4.74 Å². The molecule has 0 saturated carbocycles. The van der Waals surface area contributed by atoms with Crippen molar-refractivity contribution in [1.29, 1.82) is 0 Å². The number of hydrogen-bond donors (Lipinski definition) is 1. The van der Waals surface area contributed by atoms with Crippen molar-refractivity contribution in [3.05, 3.63) is 78.5 Å². The third-order valence-electron chi connectivity index (χ3n) is 8.02. The lowest BCUT2D eigenvalue weighted by Crippen LogP contribution is -2.59. The first-order chi connectivity index (χ1) is 19.1. The Labute approximate surface area is 228 Å². The average Bonchev–Trinajstić information content (AvgIpc) is 3.39. The minimum atomic E-state index is -0.407. The second-order valence-corrected chi connectivity index (χ2v) is 10.4. The van der Waals surface area contributed by atoms with E-state index >= 15 is 0 Å². The number of H-pyrrole nitrogens is 1. The molecule has 3 aliphatic rings. The number of nitrogens with one attached hydrogen (secondary N) is 1. The summed E-state index contributed by atoms with van der Waals surface area (Å²) < 4.78 is 16.6. The van der Waals surface area contributed by atoms with E-state index in [9.17, 15) is 4.79 Å². The van der Waals surface area contributed by atoms with Gasteiger partial charge in [-0.2, -0.15) is 0 Å². The van der Waals surface area contributed by atoms with Gasteiger partial charge >= 0.3 is 5.97 Å². The Kier molecular flexibility index (Phi) is 7.16. The molecule has 1 aromatic heterocycles. The first-order valence-electron chi connectivity index (χ1n) is 13.7. The summed E-state index contributed by atoms with van der Waals surface area (Å²) in [6.07, 6.45) is 7.75. The molecule has 7 rings (SSSR count). The SMILES string of the molecule is COC(=O)c1cc2c(OCCCN3C[C@H]4C/C=C\C[C@H]3CN4c3ccc4ccccc4c3)cc(OC)cc2[nH]1. The number of piperazine rings is 1. The molecule has 0 unspecified atom stereocenters. The molecular weight excluding hydrogens is 490 g/mol. The van der Waals surface area contributed by atoms with Crippen LogP contribution >= 0.6 is 0 Å². The molecule has 1 fully saturated rings. The van der Waals surface area contributed by atoms with E-state index in [0.29, 0.717) is 35.9 Å². The van der Waals surface area contributed by atoms with Crippen LogP contribution < -0.4 is 14.4 Å². The van der Waals surface area contributed by atoms with Crippen molar-refractivity contribution < 1.29 is 19.0 Å². The van der Waals surface area contributed by atoms with Crippen LogP contribution in [0.4, 0.5) is 5.69 Å². The first kappa shape index (κ1) is 25.3. The molecule has 7 heteroatoms. The molecule has 39 heavy (non-hydrogen) atoms. The number of carbonyl (C=O) groups is 1. The first-order valence-corrected chi connectivity index (χ1v) is 13.7. The largest absolute Gasteiger partial charge is 0.497 e. The van der Waals surface area contributed by atoms with Gasteiger partial charge in [0, 0.05) is 54.9 Å². The van der Waals surface area contributed by atoms with Crippen molar-refractivity contribution in [2.75, 3.05) is 45.4 Å². The summed E-state index contributed by atoms with van der Waals surface area (Å²) >= 11 is 0. The Hall–Kier alpha value is -3.97. The molecule has 0 aliphatic carbocycles. The van der Waals surface area contributed by atoms with Crippen LogP contribution in [0.2, 0.25) is 0 Å². The van der Waals surface area contributed by atoms with Gasteiger partial charge in [-0.1, -0.05) is 42.5 Å². The second kappa shape index (κ2) is 11.0. The molecule has 3 aliphatic heterocycles. The summed E-state index contributed by atoms with van der Waals surface area (Å²) in [6, 6.07) is 21.9. The maximum atomic E-state index is 12.0. The number of fused-ring (bicyclic) bond motifs is 6. The number of methoxy groups -OCH3 is 2. The summed E-state index contributed by atoms with van der Waals surface area (Å²) in [6.45, 7) is 3.64. The lowest BCUT2D eigenvalue weighted by atomic mass is 9.96. The Morgan fingerprint density at radius 1 is 0.949 bits per heavy atom.